The number of phosphoric acid groups is 1. The summed E-state index contributed by atoms with van der Waals surface area (Å²) in [6, 6.07) is -0.773. The lowest BCUT2D eigenvalue weighted by Gasteiger charge is -2.26. The van der Waals surface area contributed by atoms with Gasteiger partial charge in [0.15, 0.2) is 0 Å². The Balaban J connectivity index is 4.04. The van der Waals surface area contributed by atoms with Crippen molar-refractivity contribution in [1.29, 1.82) is 0 Å². The van der Waals surface area contributed by atoms with Crippen LogP contribution in [0.3, 0.4) is 0 Å². The topological polar surface area (TPSA) is 105 Å². The number of allylic oxidation sites excluding steroid dienone is 20. The van der Waals surface area contributed by atoms with Gasteiger partial charge in [0.1, 0.15) is 13.2 Å². The van der Waals surface area contributed by atoms with Crippen molar-refractivity contribution in [3.05, 3.63) is 122 Å². The number of nitrogens with one attached hydrogen (secondary N) is 1. The van der Waals surface area contributed by atoms with Gasteiger partial charge in [-0.15, -0.1) is 0 Å². The number of hydrogen-bond acceptors (Lipinski definition) is 5. The van der Waals surface area contributed by atoms with Gasteiger partial charge in [0, 0.05) is 6.42 Å². The van der Waals surface area contributed by atoms with E-state index in [9.17, 15) is 19.4 Å². The Morgan fingerprint density at radius 3 is 0.946 bits per heavy atom. The molecule has 0 aromatic carbocycles. The summed E-state index contributed by atoms with van der Waals surface area (Å²) in [6.45, 7) is 4.80. The third-order valence-corrected chi connectivity index (χ3v) is 18.5. The van der Waals surface area contributed by atoms with Crippen molar-refractivity contribution in [2.24, 2.45) is 0 Å². The number of unbranched alkanes of at least 4 members (excludes halogenated alkanes) is 39. The van der Waals surface area contributed by atoms with Crippen LogP contribution in [0, 0.1) is 0 Å². The first-order valence-electron chi connectivity index (χ1n) is 39.4. The second kappa shape index (κ2) is 73.2. The standard InChI is InChI=1S/C84H151N2O6P/c1-6-8-10-12-14-16-18-20-22-24-26-28-30-32-34-36-38-39-40-41-42-43-44-45-46-47-48-50-52-54-56-58-60-62-64-66-68-70-72-74-76-78-84(88)85-82(81-92-93(89,90)91-80-79-86(3,4)5)83(87)77-75-73-71-69-67-65-63-61-59-57-55-53-51-49-37-35-33-31-29-27-25-23-21-19-17-15-13-11-9-7-2/h8,10,14,16,20,22,26,28,32,34,38-39,41-42,44-45,47-48,52,54,82-83,87H,6-7,9,11-13,15,17-19,21,23-25,27,29-31,33,35-37,40,43,46,49-51,53,55-81H2,1-5H3,(H-,85,88,89,90)/p+1/b10-8-,16-14-,22-20-,28-26-,34-32-,39-38-,42-41-,45-44-,48-47-,54-52-. The van der Waals surface area contributed by atoms with E-state index in [0.717, 1.165) is 109 Å². The number of phosphoric ester groups is 1. The quantitative estimate of drug-likeness (QED) is 0.0243. The Morgan fingerprint density at radius 1 is 0.376 bits per heavy atom. The van der Waals surface area contributed by atoms with Gasteiger partial charge in [0.2, 0.25) is 5.91 Å². The monoisotopic (exact) mass is 1320 g/mol. The highest BCUT2D eigenvalue weighted by Crippen LogP contribution is 2.43. The lowest BCUT2D eigenvalue weighted by Crippen LogP contribution is -2.46. The maximum absolute atomic E-state index is 13.1. The number of amides is 1. The van der Waals surface area contributed by atoms with Crippen LogP contribution in [0.15, 0.2) is 122 Å². The predicted molar refractivity (Wildman–Crippen MR) is 410 cm³/mol. The van der Waals surface area contributed by atoms with E-state index in [1.807, 2.05) is 21.1 Å². The molecule has 0 heterocycles. The number of nitrogens with zero attached hydrogens (tertiary/aromatic N) is 1. The van der Waals surface area contributed by atoms with Gasteiger partial charge in [-0.2, -0.15) is 0 Å². The number of carbonyl (C=O) groups excluding carboxylic acids is 1. The van der Waals surface area contributed by atoms with Gasteiger partial charge in [-0.25, -0.2) is 4.57 Å². The normalized spacial score (nSPS) is 14.2. The Bertz CT molecular complexity index is 1940. The van der Waals surface area contributed by atoms with Crippen molar-refractivity contribution in [2.45, 2.75) is 366 Å². The average Bonchev–Trinajstić information content (AvgIpc) is 2.75. The maximum Gasteiger partial charge on any atom is 0.472 e. The first-order chi connectivity index (χ1) is 45.5. The van der Waals surface area contributed by atoms with Crippen molar-refractivity contribution in [3.63, 3.8) is 0 Å². The zero-order valence-corrected chi connectivity index (χ0v) is 62.6. The molecule has 0 spiro atoms. The molecular formula is C84H152N2O6P+. The van der Waals surface area contributed by atoms with Crippen LogP contribution < -0.4 is 5.32 Å². The molecule has 93 heavy (non-hydrogen) atoms. The van der Waals surface area contributed by atoms with Gasteiger partial charge < -0.3 is 19.8 Å². The second-order valence-corrected chi connectivity index (χ2v) is 29.2. The summed E-state index contributed by atoms with van der Waals surface area (Å²) in [7, 11) is 1.61. The van der Waals surface area contributed by atoms with Crippen LogP contribution >= 0.6 is 7.82 Å². The molecule has 0 saturated carbocycles. The fourth-order valence-electron chi connectivity index (χ4n) is 11.4. The summed E-state index contributed by atoms with van der Waals surface area (Å²) < 4.78 is 23.9. The zero-order valence-electron chi connectivity index (χ0n) is 61.7. The van der Waals surface area contributed by atoms with Crippen LogP contribution in [0.4, 0.5) is 0 Å². The minimum Gasteiger partial charge on any atom is -0.391 e. The summed E-state index contributed by atoms with van der Waals surface area (Å²) in [5.41, 5.74) is 0. The molecule has 0 aliphatic rings. The van der Waals surface area contributed by atoms with Crippen molar-refractivity contribution in [2.75, 3.05) is 40.9 Å². The van der Waals surface area contributed by atoms with Crippen LogP contribution in [0.2, 0.25) is 0 Å². The molecule has 0 radical (unpaired) electrons. The lowest BCUT2D eigenvalue weighted by molar-refractivity contribution is -0.870. The summed E-state index contributed by atoms with van der Waals surface area (Å²) in [6.07, 6.45) is 109. The molecule has 0 fully saturated rings. The molecule has 3 N–H and O–H groups in total. The molecule has 0 bridgehead atoms. The summed E-state index contributed by atoms with van der Waals surface area (Å²) >= 11 is 0. The molecule has 0 aliphatic heterocycles. The number of quaternary nitrogens is 1. The molecular weight excluding hydrogens is 1160 g/mol. The van der Waals surface area contributed by atoms with E-state index >= 15 is 0 Å². The third kappa shape index (κ3) is 76.1. The molecule has 9 heteroatoms. The average molecular weight is 1320 g/mol. The van der Waals surface area contributed by atoms with E-state index in [1.54, 1.807) is 0 Å². The number of rotatable bonds is 72. The smallest absolute Gasteiger partial charge is 0.391 e. The van der Waals surface area contributed by atoms with E-state index < -0.39 is 20.0 Å². The Hall–Kier alpha value is -3.10. The van der Waals surface area contributed by atoms with E-state index in [2.05, 4.69) is 141 Å². The predicted octanol–water partition coefficient (Wildman–Crippen LogP) is 25.9. The largest absolute Gasteiger partial charge is 0.472 e. The SMILES string of the molecule is CC/C=C\C/C=C\C/C=C\C/C=C\C/C=C\C/C=C\C/C=C\C/C=C\C/C=C\C/C=C\CCCCCCCCCCCCC(=O)NC(COP(=O)(O)OCC[N+](C)(C)C)C(O)CCCCCCCCCCCCCCCCCCCCCCCCCCCCCCCC. The molecule has 1 amide bonds. The highest BCUT2D eigenvalue weighted by Gasteiger charge is 2.28. The number of carbonyl (C=O) groups is 1. The van der Waals surface area contributed by atoms with Crippen LogP contribution in [0.5, 0.6) is 0 Å². The van der Waals surface area contributed by atoms with Crippen LogP contribution in [0.1, 0.15) is 354 Å². The summed E-state index contributed by atoms with van der Waals surface area (Å²) in [5, 5.41) is 14.2. The van der Waals surface area contributed by atoms with Crippen molar-refractivity contribution < 1.29 is 32.9 Å². The van der Waals surface area contributed by atoms with E-state index in [-0.39, 0.29) is 19.1 Å². The molecule has 8 nitrogen and oxygen atoms in total. The van der Waals surface area contributed by atoms with Gasteiger partial charge in [-0.05, 0) is 89.9 Å². The summed E-state index contributed by atoms with van der Waals surface area (Å²) in [4.78, 5) is 23.5. The minimum atomic E-state index is -4.34. The van der Waals surface area contributed by atoms with Crippen LogP contribution in [0.25, 0.3) is 0 Å². The van der Waals surface area contributed by atoms with Crippen LogP contribution in [-0.4, -0.2) is 73.4 Å². The van der Waals surface area contributed by atoms with Gasteiger partial charge in [-0.3, -0.25) is 13.8 Å². The van der Waals surface area contributed by atoms with Gasteiger partial charge >= 0.3 is 7.82 Å². The molecule has 0 aromatic rings. The molecule has 0 saturated heterocycles. The first kappa shape index (κ1) is 89.9. The van der Waals surface area contributed by atoms with Crippen LogP contribution in [-0.2, 0) is 18.4 Å². The highest BCUT2D eigenvalue weighted by atomic mass is 31.2. The van der Waals surface area contributed by atoms with Gasteiger partial charge in [0.25, 0.3) is 0 Å². The third-order valence-electron chi connectivity index (χ3n) is 17.5. The first-order valence-corrected chi connectivity index (χ1v) is 40.9. The maximum atomic E-state index is 13.1. The number of hydrogen-bond donors (Lipinski definition) is 3. The Labute approximate surface area is 577 Å². The number of likely N-dealkylation sites (N-methyl/N-ethyl adjacent to an activating group) is 1. The molecule has 0 rings (SSSR count). The zero-order chi connectivity index (χ0) is 67.6. The number of aliphatic hydroxyl groups is 1. The van der Waals surface area contributed by atoms with E-state index in [0.29, 0.717) is 23.9 Å². The fraction of sp³-hybridized carbons (Fsp3) is 0.750. The molecule has 538 valence electrons. The van der Waals surface area contributed by atoms with Crippen molar-refractivity contribution in [3.8, 4) is 0 Å². The lowest BCUT2D eigenvalue weighted by atomic mass is 10.0. The van der Waals surface area contributed by atoms with Gasteiger partial charge in [0.05, 0.1) is 39.9 Å². The van der Waals surface area contributed by atoms with Crippen molar-refractivity contribution in [1.82, 2.24) is 5.32 Å². The Kier molecular flexibility index (Phi) is 70.7. The summed E-state index contributed by atoms with van der Waals surface area (Å²) in [5.74, 6) is -0.148. The number of aliphatic hydroxyl groups excluding tert-OH is 1. The highest BCUT2D eigenvalue weighted by molar-refractivity contribution is 7.47. The molecule has 3 unspecified atom stereocenters. The minimum absolute atomic E-state index is 0.0697. The van der Waals surface area contributed by atoms with E-state index in [1.165, 1.54) is 218 Å². The molecule has 0 aliphatic carbocycles. The Morgan fingerprint density at radius 2 is 0.645 bits per heavy atom. The van der Waals surface area contributed by atoms with Gasteiger partial charge in [-0.1, -0.05) is 379 Å². The molecule has 3 atom stereocenters. The van der Waals surface area contributed by atoms with Crippen molar-refractivity contribution >= 4 is 13.7 Å². The fourth-order valence-corrected chi connectivity index (χ4v) is 12.2. The van der Waals surface area contributed by atoms with E-state index in [4.69, 9.17) is 9.05 Å². The second-order valence-electron chi connectivity index (χ2n) is 27.7. The molecule has 0 aromatic heterocycles.